The smallest absolute Gasteiger partial charge is 0.0929 e. The Morgan fingerprint density at radius 3 is 2.56 bits per heavy atom. The van der Waals surface area contributed by atoms with Gasteiger partial charge in [-0.1, -0.05) is 0 Å². The van der Waals surface area contributed by atoms with Crippen molar-refractivity contribution in [2.24, 2.45) is 5.92 Å². The van der Waals surface area contributed by atoms with Gasteiger partial charge in [0.25, 0.3) is 0 Å². The molecule has 0 saturated heterocycles. The van der Waals surface area contributed by atoms with Gasteiger partial charge in [0, 0.05) is 5.92 Å². The summed E-state index contributed by atoms with van der Waals surface area (Å²) in [6.45, 7) is 1.86. The molecular weight excluding hydrogens is 173 g/mol. The third-order valence-electron chi connectivity index (χ3n) is 0.799. The van der Waals surface area contributed by atoms with Gasteiger partial charge in [-0.05, 0) is 13.0 Å². The highest BCUT2D eigenvalue weighted by molar-refractivity contribution is 6.68. The minimum absolute atomic E-state index is 0.0864. The zero-order chi connectivity index (χ0) is 7.28. The third kappa shape index (κ3) is 6.17. The highest BCUT2D eigenvalue weighted by Gasteiger charge is 2.04. The largest absolute Gasteiger partial charge is 0.198 e. The highest BCUT2D eigenvalue weighted by atomic mass is 35.5. The van der Waals surface area contributed by atoms with E-state index in [4.69, 9.17) is 28.5 Å². The molecule has 0 aliphatic carbocycles. The van der Waals surface area contributed by atoms with E-state index in [0.29, 0.717) is 9.52 Å². The number of halogens is 2. The van der Waals surface area contributed by atoms with E-state index < -0.39 is 0 Å². The van der Waals surface area contributed by atoms with E-state index in [1.807, 2.05) is 6.92 Å². The number of rotatable bonds is 3. The first-order chi connectivity index (χ1) is 4.16. The molecule has 0 saturated carbocycles. The Labute approximate surface area is 67.8 Å². The minimum atomic E-state index is -0.291. The molecule has 0 bridgehead atoms. The lowest BCUT2D eigenvalue weighted by Crippen LogP contribution is -2.04. The summed E-state index contributed by atoms with van der Waals surface area (Å²) >= 11 is 10.9. The van der Waals surface area contributed by atoms with Crippen LogP contribution in [0.2, 0.25) is 6.04 Å². The van der Waals surface area contributed by atoms with Gasteiger partial charge in [0.15, 0.2) is 0 Å². The summed E-state index contributed by atoms with van der Waals surface area (Å²) in [6, 6.07) is 2.92. The number of alkyl halides is 2. The Morgan fingerprint density at radius 2 is 2.22 bits per heavy atom. The van der Waals surface area contributed by atoms with Crippen LogP contribution in [0, 0.1) is 17.2 Å². The van der Waals surface area contributed by atoms with Gasteiger partial charge in [0.1, 0.15) is 0 Å². The van der Waals surface area contributed by atoms with Crippen molar-refractivity contribution in [2.75, 3.05) is 0 Å². The van der Waals surface area contributed by atoms with Crippen molar-refractivity contribution in [1.29, 1.82) is 5.26 Å². The molecule has 0 aliphatic heterocycles. The molecule has 50 valence electrons. The van der Waals surface area contributed by atoms with Crippen LogP contribution in [0.1, 0.15) is 6.92 Å². The second kappa shape index (κ2) is 5.10. The fourth-order valence-corrected chi connectivity index (χ4v) is 1.47. The Hall–Kier alpha value is 0.287. The first kappa shape index (κ1) is 9.29. The topological polar surface area (TPSA) is 23.8 Å². The summed E-state index contributed by atoms with van der Waals surface area (Å²) in [5.41, 5.74) is 0. The molecule has 0 spiro atoms. The van der Waals surface area contributed by atoms with Crippen molar-refractivity contribution in [2.45, 2.75) is 17.4 Å². The lowest BCUT2D eigenvalue weighted by molar-refractivity contribution is 0.840. The summed E-state index contributed by atoms with van der Waals surface area (Å²) in [7, 11) is 0.484. The third-order valence-corrected chi connectivity index (χ3v) is 2.88. The van der Waals surface area contributed by atoms with Gasteiger partial charge in [-0.15, -0.1) is 23.2 Å². The van der Waals surface area contributed by atoms with E-state index >= 15 is 0 Å². The van der Waals surface area contributed by atoms with Crippen LogP contribution in [0.5, 0.6) is 0 Å². The van der Waals surface area contributed by atoms with Crippen molar-refractivity contribution in [3.63, 3.8) is 0 Å². The molecule has 0 amide bonds. The summed E-state index contributed by atoms with van der Waals surface area (Å²) in [5.74, 6) is 0.0864. The van der Waals surface area contributed by atoms with Crippen molar-refractivity contribution < 1.29 is 0 Å². The van der Waals surface area contributed by atoms with Crippen molar-refractivity contribution in [1.82, 2.24) is 0 Å². The van der Waals surface area contributed by atoms with Crippen molar-refractivity contribution >= 4 is 32.7 Å². The molecule has 0 fully saturated rings. The maximum absolute atomic E-state index is 8.32. The molecule has 0 heterocycles. The summed E-state index contributed by atoms with van der Waals surface area (Å²) in [6.07, 6.45) is 0. The minimum Gasteiger partial charge on any atom is -0.198 e. The first-order valence-corrected chi connectivity index (χ1v) is 4.73. The average molecular weight is 180 g/mol. The number of nitrogens with zero attached hydrogens (tertiary/aromatic N) is 1. The fraction of sp³-hybridized carbons (Fsp3) is 0.800. The van der Waals surface area contributed by atoms with Gasteiger partial charge in [-0.25, -0.2) is 0 Å². The molecule has 1 nitrogen and oxygen atoms in total. The molecule has 9 heavy (non-hydrogen) atoms. The molecule has 0 aromatic heterocycles. The van der Waals surface area contributed by atoms with E-state index in [0.717, 1.165) is 6.04 Å². The van der Waals surface area contributed by atoms with Crippen LogP contribution in [0.25, 0.3) is 0 Å². The van der Waals surface area contributed by atoms with Gasteiger partial charge in [-0.2, -0.15) is 5.26 Å². The van der Waals surface area contributed by atoms with E-state index in [-0.39, 0.29) is 10.4 Å². The Bertz CT molecular complexity index is 110. The maximum atomic E-state index is 8.32. The van der Waals surface area contributed by atoms with Gasteiger partial charge >= 0.3 is 0 Å². The van der Waals surface area contributed by atoms with Crippen molar-refractivity contribution in [3.8, 4) is 6.07 Å². The first-order valence-electron chi connectivity index (χ1n) is 2.58. The van der Waals surface area contributed by atoms with Crippen molar-refractivity contribution in [3.05, 3.63) is 0 Å². The Kier molecular flexibility index (Phi) is 5.26. The molecule has 0 aromatic rings. The van der Waals surface area contributed by atoms with Crippen LogP contribution in [0.3, 0.4) is 0 Å². The van der Waals surface area contributed by atoms with Crippen LogP contribution < -0.4 is 0 Å². The molecule has 4 heteroatoms. The monoisotopic (exact) mass is 179 g/mol. The van der Waals surface area contributed by atoms with E-state index in [1.54, 1.807) is 0 Å². The van der Waals surface area contributed by atoms with Crippen LogP contribution in [0.15, 0.2) is 0 Å². The fourth-order valence-electron chi connectivity index (χ4n) is 0.312. The standard InChI is InChI=1S/C5H7Cl2NSi/c1-4(2-8)3-9-5(6)7/h4-5H,3H2,1H3. The van der Waals surface area contributed by atoms with Crippen LogP contribution in [-0.4, -0.2) is 14.0 Å². The van der Waals surface area contributed by atoms with Gasteiger partial charge in [-0.3, -0.25) is 0 Å². The molecule has 0 aromatic carbocycles. The predicted octanol–water partition coefficient (Wildman–Crippen LogP) is 2.03. The Morgan fingerprint density at radius 1 is 1.67 bits per heavy atom. The molecule has 1 atom stereocenters. The molecule has 0 rings (SSSR count). The van der Waals surface area contributed by atoms with Crippen LogP contribution in [-0.2, 0) is 0 Å². The second-order valence-corrected chi connectivity index (χ2v) is 4.96. The molecular formula is C5H7Cl2NSi. The number of hydrogen-bond donors (Lipinski definition) is 0. The second-order valence-electron chi connectivity index (χ2n) is 1.74. The van der Waals surface area contributed by atoms with E-state index in [9.17, 15) is 0 Å². The summed E-state index contributed by atoms with van der Waals surface area (Å²) in [5, 5.41) is 8.32. The summed E-state index contributed by atoms with van der Waals surface area (Å²) < 4.78 is -0.291. The Balaban J connectivity index is 3.19. The molecule has 1 unspecified atom stereocenters. The van der Waals surface area contributed by atoms with Crippen LogP contribution in [0.4, 0.5) is 0 Å². The zero-order valence-corrected chi connectivity index (χ0v) is 7.58. The van der Waals surface area contributed by atoms with Crippen LogP contribution >= 0.6 is 23.2 Å². The van der Waals surface area contributed by atoms with Gasteiger partial charge in [0.2, 0.25) is 0 Å². The SMILES string of the molecule is CC(C#N)C[Si]C(Cl)Cl. The van der Waals surface area contributed by atoms with E-state index in [1.165, 1.54) is 0 Å². The van der Waals surface area contributed by atoms with Gasteiger partial charge < -0.3 is 0 Å². The lowest BCUT2D eigenvalue weighted by atomic mass is 10.3. The average Bonchev–Trinajstić information content (AvgIpc) is 1.83. The lowest BCUT2D eigenvalue weighted by Gasteiger charge is -1.99. The zero-order valence-electron chi connectivity index (χ0n) is 5.06. The molecule has 0 aliphatic rings. The highest BCUT2D eigenvalue weighted by Crippen LogP contribution is 2.06. The molecule has 2 radical (unpaired) electrons. The maximum Gasteiger partial charge on any atom is 0.0929 e. The number of hydrogen-bond acceptors (Lipinski definition) is 1. The molecule has 0 N–H and O–H groups in total. The van der Waals surface area contributed by atoms with Gasteiger partial charge in [0.05, 0.1) is 20.0 Å². The van der Waals surface area contributed by atoms with E-state index in [2.05, 4.69) is 6.07 Å². The number of nitriles is 1. The predicted molar refractivity (Wildman–Crippen MR) is 40.8 cm³/mol. The normalized spacial score (nSPS) is 13.2. The summed E-state index contributed by atoms with van der Waals surface area (Å²) in [4.78, 5) is 0. The quantitative estimate of drug-likeness (QED) is 0.481.